The molecule has 2 aliphatic carbocycles. The molecule has 2 aliphatic rings. The monoisotopic (exact) mass is 788 g/mol. The third kappa shape index (κ3) is 5.00. The topological polar surface area (TPSA) is 38.9 Å². The first-order valence-corrected chi connectivity index (χ1v) is 21.2. The highest BCUT2D eigenvalue weighted by Crippen LogP contribution is 2.61. The van der Waals surface area contributed by atoms with Gasteiger partial charge in [-0.15, -0.1) is 0 Å². The molecule has 0 radical (unpaired) electrons. The van der Waals surface area contributed by atoms with Crippen LogP contribution in [0.15, 0.2) is 223 Å². The van der Waals surface area contributed by atoms with Crippen molar-refractivity contribution in [3.8, 4) is 78.4 Å². The fourth-order valence-electron chi connectivity index (χ4n) is 10.5. The molecular formula is C59H36N2O. The van der Waals surface area contributed by atoms with Gasteiger partial charge in [-0.25, -0.2) is 9.97 Å². The molecule has 62 heavy (non-hydrogen) atoms. The second kappa shape index (κ2) is 13.4. The molecule has 1 spiro atoms. The number of para-hydroxylation sites is 2. The zero-order chi connectivity index (χ0) is 40.8. The predicted molar refractivity (Wildman–Crippen MR) is 253 cm³/mol. The number of hydrogen-bond donors (Lipinski definition) is 0. The van der Waals surface area contributed by atoms with E-state index < -0.39 is 5.41 Å². The Balaban J connectivity index is 1.07. The van der Waals surface area contributed by atoms with E-state index in [0.717, 1.165) is 55.6 Å². The Morgan fingerprint density at radius 1 is 0.306 bits per heavy atom. The highest BCUT2D eigenvalue weighted by atomic mass is 16.3. The van der Waals surface area contributed by atoms with Gasteiger partial charge >= 0.3 is 0 Å². The van der Waals surface area contributed by atoms with Crippen molar-refractivity contribution in [1.82, 2.24) is 9.97 Å². The van der Waals surface area contributed by atoms with Crippen molar-refractivity contribution in [1.29, 1.82) is 0 Å². The van der Waals surface area contributed by atoms with Gasteiger partial charge in [0.05, 0.1) is 22.4 Å². The van der Waals surface area contributed by atoms with E-state index in [1.165, 1.54) is 61.2 Å². The van der Waals surface area contributed by atoms with Crippen molar-refractivity contribution >= 4 is 21.9 Å². The lowest BCUT2D eigenvalue weighted by atomic mass is 9.65. The van der Waals surface area contributed by atoms with Gasteiger partial charge < -0.3 is 4.42 Å². The lowest BCUT2D eigenvalue weighted by Gasteiger charge is -2.35. The summed E-state index contributed by atoms with van der Waals surface area (Å²) in [5.74, 6) is 0.619. The highest BCUT2D eigenvalue weighted by Gasteiger charge is 2.49. The summed E-state index contributed by atoms with van der Waals surface area (Å²) < 4.78 is 6.59. The van der Waals surface area contributed by atoms with E-state index in [9.17, 15) is 0 Å². The molecule has 13 rings (SSSR count). The number of nitrogens with zero attached hydrogens (tertiary/aromatic N) is 2. The summed E-state index contributed by atoms with van der Waals surface area (Å²) in [7, 11) is 0. The maximum absolute atomic E-state index is 6.59. The largest absolute Gasteiger partial charge is 0.455 e. The molecule has 0 saturated carbocycles. The standard InChI is InChI=1S/C59H36N2O/c1-2-15-37(16-3-1)38-29-31-39(32-30-38)54-36-55(61-58(60-54)49-24-14-23-48-47-22-9-13-28-56(47)62-57(48)49)40-33-34-46-45-21-8-12-27-52(45)59(53(46)35-40)50-25-10-6-19-43(50)41-17-4-5-18-42(41)44-20-7-11-26-51(44)59/h1-36H. The minimum atomic E-state index is -0.597. The van der Waals surface area contributed by atoms with E-state index in [4.69, 9.17) is 14.4 Å². The van der Waals surface area contributed by atoms with Crippen molar-refractivity contribution in [2.45, 2.75) is 5.41 Å². The summed E-state index contributed by atoms with van der Waals surface area (Å²) in [6.07, 6.45) is 0. The summed E-state index contributed by atoms with van der Waals surface area (Å²) in [6.45, 7) is 0. The Labute approximate surface area is 359 Å². The molecule has 11 aromatic rings. The molecule has 0 fully saturated rings. The van der Waals surface area contributed by atoms with E-state index in [1.807, 2.05) is 12.1 Å². The van der Waals surface area contributed by atoms with E-state index in [-0.39, 0.29) is 0 Å². The molecule has 0 unspecified atom stereocenters. The Bertz CT molecular complexity index is 3510. The molecule has 0 N–H and O–H groups in total. The van der Waals surface area contributed by atoms with Gasteiger partial charge in [0.15, 0.2) is 5.82 Å². The van der Waals surface area contributed by atoms with Crippen molar-refractivity contribution in [2.24, 2.45) is 0 Å². The average molecular weight is 789 g/mol. The van der Waals surface area contributed by atoms with Crippen LogP contribution >= 0.6 is 0 Å². The fraction of sp³-hybridized carbons (Fsp3) is 0.0169. The zero-order valence-electron chi connectivity index (χ0n) is 33.6. The quantitative estimate of drug-likeness (QED) is 0.178. The minimum Gasteiger partial charge on any atom is -0.455 e. The molecule has 2 heterocycles. The van der Waals surface area contributed by atoms with Crippen molar-refractivity contribution in [2.75, 3.05) is 0 Å². The molecule has 0 amide bonds. The van der Waals surface area contributed by atoms with Crippen LogP contribution < -0.4 is 0 Å². The number of hydrogen-bond acceptors (Lipinski definition) is 3. The van der Waals surface area contributed by atoms with Crippen LogP contribution in [0.5, 0.6) is 0 Å². The lowest BCUT2D eigenvalue weighted by Crippen LogP contribution is -2.29. The van der Waals surface area contributed by atoms with Crippen LogP contribution in [0.3, 0.4) is 0 Å². The fourth-order valence-corrected chi connectivity index (χ4v) is 10.5. The lowest BCUT2D eigenvalue weighted by molar-refractivity contribution is 0.669. The average Bonchev–Trinajstić information content (AvgIpc) is 3.84. The van der Waals surface area contributed by atoms with Crippen LogP contribution in [-0.4, -0.2) is 9.97 Å². The second-order valence-electron chi connectivity index (χ2n) is 16.4. The first-order valence-electron chi connectivity index (χ1n) is 21.2. The summed E-state index contributed by atoms with van der Waals surface area (Å²) in [6, 6.07) is 78.8. The van der Waals surface area contributed by atoms with Crippen LogP contribution in [0.1, 0.15) is 22.3 Å². The zero-order valence-corrected chi connectivity index (χ0v) is 33.6. The Hall–Kier alpha value is -8.14. The third-order valence-electron chi connectivity index (χ3n) is 13.2. The number of benzene rings is 9. The highest BCUT2D eigenvalue weighted by molar-refractivity contribution is 6.09. The molecule has 9 aromatic carbocycles. The van der Waals surface area contributed by atoms with E-state index >= 15 is 0 Å². The Kier molecular flexibility index (Phi) is 7.52. The number of furan rings is 1. The molecular weight excluding hydrogens is 753 g/mol. The van der Waals surface area contributed by atoms with Gasteiger partial charge in [0.1, 0.15) is 11.2 Å². The molecule has 3 heteroatoms. The summed E-state index contributed by atoms with van der Waals surface area (Å²) in [4.78, 5) is 10.8. The summed E-state index contributed by atoms with van der Waals surface area (Å²) in [5, 5.41) is 2.12. The van der Waals surface area contributed by atoms with Gasteiger partial charge in [-0.05, 0) is 91.0 Å². The molecule has 0 atom stereocenters. The molecule has 3 nitrogen and oxygen atoms in total. The maximum atomic E-state index is 6.59. The van der Waals surface area contributed by atoms with Crippen LogP contribution in [-0.2, 0) is 5.41 Å². The third-order valence-corrected chi connectivity index (χ3v) is 13.2. The van der Waals surface area contributed by atoms with Crippen molar-refractivity contribution in [3.05, 3.63) is 241 Å². The maximum Gasteiger partial charge on any atom is 0.164 e. The Morgan fingerprint density at radius 3 is 1.45 bits per heavy atom. The predicted octanol–water partition coefficient (Wildman–Crippen LogP) is 15.1. The first-order chi connectivity index (χ1) is 30.7. The van der Waals surface area contributed by atoms with Gasteiger partial charge in [0.25, 0.3) is 0 Å². The number of fused-ring (bicyclic) bond motifs is 15. The second-order valence-corrected chi connectivity index (χ2v) is 16.4. The molecule has 0 saturated heterocycles. The van der Waals surface area contributed by atoms with Crippen LogP contribution in [0.4, 0.5) is 0 Å². The molecule has 2 aromatic heterocycles. The smallest absolute Gasteiger partial charge is 0.164 e. The van der Waals surface area contributed by atoms with Gasteiger partial charge in [-0.2, -0.15) is 0 Å². The normalized spacial score (nSPS) is 13.0. The first kappa shape index (κ1) is 34.7. The van der Waals surface area contributed by atoms with Crippen molar-refractivity contribution in [3.63, 3.8) is 0 Å². The van der Waals surface area contributed by atoms with Gasteiger partial charge in [-0.3, -0.25) is 0 Å². The Morgan fingerprint density at radius 2 is 0.774 bits per heavy atom. The molecule has 0 aliphatic heterocycles. The minimum absolute atomic E-state index is 0.597. The van der Waals surface area contributed by atoms with Gasteiger partial charge in [-0.1, -0.05) is 194 Å². The SMILES string of the molecule is c1ccc(-c2ccc(-c3cc(-c4ccc5c(c4)C4(c6ccccc6-c6ccccc6-c6ccccc64)c4ccccc4-5)nc(-c4cccc5c4oc4ccccc45)n3)cc2)cc1. The van der Waals surface area contributed by atoms with Gasteiger partial charge in [0, 0.05) is 21.9 Å². The summed E-state index contributed by atoms with van der Waals surface area (Å²) in [5.41, 5.74) is 20.5. The summed E-state index contributed by atoms with van der Waals surface area (Å²) >= 11 is 0. The van der Waals surface area contributed by atoms with Gasteiger partial charge in [0.2, 0.25) is 0 Å². The number of aromatic nitrogens is 2. The van der Waals surface area contributed by atoms with E-state index in [2.05, 4.69) is 206 Å². The van der Waals surface area contributed by atoms with Crippen LogP contribution in [0, 0.1) is 0 Å². The van der Waals surface area contributed by atoms with E-state index in [0.29, 0.717) is 5.82 Å². The molecule has 288 valence electrons. The van der Waals surface area contributed by atoms with E-state index in [1.54, 1.807) is 0 Å². The van der Waals surface area contributed by atoms with Crippen LogP contribution in [0.25, 0.3) is 100 Å². The van der Waals surface area contributed by atoms with Crippen LogP contribution in [0.2, 0.25) is 0 Å². The van der Waals surface area contributed by atoms with Crippen molar-refractivity contribution < 1.29 is 4.42 Å². The molecule has 0 bridgehead atoms. The number of rotatable bonds is 4.